The van der Waals surface area contributed by atoms with Crippen molar-refractivity contribution in [3.8, 4) is 5.75 Å². The van der Waals surface area contributed by atoms with Gasteiger partial charge in [0.05, 0.1) is 6.54 Å². The molecule has 1 unspecified atom stereocenters. The smallest absolute Gasteiger partial charge is 0.222 e. The number of anilines is 1. The molecule has 8 nitrogen and oxygen atoms in total. The monoisotopic (exact) mass is 503 g/mol. The van der Waals surface area contributed by atoms with Gasteiger partial charge in [-0.2, -0.15) is 0 Å². The average molecular weight is 503 g/mol. The molecule has 3 N–H and O–H groups in total. The molecule has 1 aliphatic rings. The molecule has 1 aromatic carbocycles. The normalized spacial score (nSPS) is 16.2. The largest absolute Gasteiger partial charge is 0.492 e. The number of amides is 2. The Labute approximate surface area is 183 Å². The molecule has 1 fully saturated rings. The van der Waals surface area contributed by atoms with Crippen molar-refractivity contribution in [2.45, 2.75) is 32.7 Å². The fourth-order valence-corrected chi connectivity index (χ4v) is 2.92. The number of likely N-dealkylation sites (tertiary alicyclic amines) is 1. The first-order valence-corrected chi connectivity index (χ1v) is 9.27. The Hall–Kier alpha value is -2.04. The molecule has 1 saturated heterocycles. The molecule has 0 spiro atoms. The molecule has 1 atom stereocenters. The summed E-state index contributed by atoms with van der Waals surface area (Å²) in [5, 5.41) is 9.29. The number of guanidine groups is 1. The zero-order chi connectivity index (χ0) is 19.6. The van der Waals surface area contributed by atoms with Crippen LogP contribution in [0.4, 0.5) is 5.69 Å². The van der Waals surface area contributed by atoms with E-state index in [-0.39, 0.29) is 41.8 Å². The van der Waals surface area contributed by atoms with Crippen LogP contribution in [-0.4, -0.2) is 62.0 Å². The number of nitrogens with one attached hydrogen (secondary N) is 3. The van der Waals surface area contributed by atoms with Gasteiger partial charge in [-0.15, -0.1) is 24.0 Å². The fourth-order valence-electron chi connectivity index (χ4n) is 2.92. The summed E-state index contributed by atoms with van der Waals surface area (Å²) in [6.07, 6.45) is 1.46. The van der Waals surface area contributed by atoms with Crippen molar-refractivity contribution in [3.63, 3.8) is 0 Å². The second-order valence-corrected chi connectivity index (χ2v) is 6.38. The highest BCUT2D eigenvalue weighted by molar-refractivity contribution is 14.0. The topological polar surface area (TPSA) is 95.1 Å². The first-order valence-electron chi connectivity index (χ1n) is 9.27. The lowest BCUT2D eigenvalue weighted by Crippen LogP contribution is -2.46. The van der Waals surface area contributed by atoms with Gasteiger partial charge in [0.1, 0.15) is 12.4 Å². The van der Waals surface area contributed by atoms with Crippen molar-refractivity contribution < 1.29 is 14.3 Å². The number of benzene rings is 1. The van der Waals surface area contributed by atoms with Gasteiger partial charge in [0, 0.05) is 51.3 Å². The molecule has 0 bridgehead atoms. The van der Waals surface area contributed by atoms with Crippen molar-refractivity contribution in [1.82, 2.24) is 15.5 Å². The Morgan fingerprint density at radius 1 is 1.36 bits per heavy atom. The van der Waals surface area contributed by atoms with Crippen LogP contribution in [0.5, 0.6) is 5.75 Å². The van der Waals surface area contributed by atoms with E-state index < -0.39 is 0 Å². The van der Waals surface area contributed by atoms with Crippen LogP contribution in [0.15, 0.2) is 29.3 Å². The minimum Gasteiger partial charge on any atom is -0.492 e. The highest BCUT2D eigenvalue weighted by atomic mass is 127. The lowest BCUT2D eigenvalue weighted by molar-refractivity contribution is -0.129. The van der Waals surface area contributed by atoms with Crippen LogP contribution < -0.4 is 20.7 Å². The van der Waals surface area contributed by atoms with Crippen LogP contribution in [0.25, 0.3) is 0 Å². The summed E-state index contributed by atoms with van der Waals surface area (Å²) in [5.74, 6) is 1.46. The summed E-state index contributed by atoms with van der Waals surface area (Å²) in [4.78, 5) is 29.0. The van der Waals surface area contributed by atoms with Crippen LogP contribution in [0, 0.1) is 0 Å². The van der Waals surface area contributed by atoms with E-state index in [4.69, 9.17) is 4.74 Å². The van der Waals surface area contributed by atoms with Gasteiger partial charge < -0.3 is 25.6 Å². The molecule has 0 saturated carbocycles. The Morgan fingerprint density at radius 3 is 2.82 bits per heavy atom. The number of nitrogens with zero attached hydrogens (tertiary/aromatic N) is 2. The fraction of sp³-hybridized carbons (Fsp3) is 0.526. The standard InChI is InChI=1S/C19H29N5O3.HI/c1-4-18(26)24-10-8-16(13-24)23-19(20-3)21-9-11-27-17-7-5-6-15(12-17)22-14(2)25;/h5-7,12,16H,4,8-11,13H2,1-3H3,(H,22,25)(H2,20,21,23);1H. The van der Waals surface area contributed by atoms with Gasteiger partial charge in [-0.05, 0) is 18.6 Å². The third-order valence-electron chi connectivity index (χ3n) is 4.23. The van der Waals surface area contributed by atoms with Crippen LogP contribution >= 0.6 is 24.0 Å². The lowest BCUT2D eigenvalue weighted by atomic mass is 10.3. The van der Waals surface area contributed by atoms with Gasteiger partial charge in [-0.3, -0.25) is 14.6 Å². The molecule has 2 amide bonds. The predicted octanol–water partition coefficient (Wildman–Crippen LogP) is 1.82. The Morgan fingerprint density at radius 2 is 2.14 bits per heavy atom. The zero-order valence-corrected chi connectivity index (χ0v) is 19.0. The van der Waals surface area contributed by atoms with E-state index in [1.807, 2.05) is 30.0 Å². The van der Waals surface area contributed by atoms with Crippen LogP contribution in [0.3, 0.4) is 0 Å². The number of hydrogen-bond donors (Lipinski definition) is 3. The lowest BCUT2D eigenvalue weighted by Gasteiger charge is -2.18. The first-order chi connectivity index (χ1) is 13.0. The van der Waals surface area contributed by atoms with Gasteiger partial charge >= 0.3 is 0 Å². The first kappa shape index (κ1) is 24.0. The molecular formula is C19H30IN5O3. The summed E-state index contributed by atoms with van der Waals surface area (Å²) in [6.45, 7) is 5.88. The second-order valence-electron chi connectivity index (χ2n) is 6.38. The van der Waals surface area contributed by atoms with Gasteiger partial charge in [0.15, 0.2) is 5.96 Å². The molecule has 0 aliphatic carbocycles. The number of halogens is 1. The van der Waals surface area contributed by atoms with Crippen molar-refractivity contribution in [2.24, 2.45) is 4.99 Å². The highest BCUT2D eigenvalue weighted by Crippen LogP contribution is 2.17. The van der Waals surface area contributed by atoms with Crippen molar-refractivity contribution in [1.29, 1.82) is 0 Å². The molecule has 28 heavy (non-hydrogen) atoms. The maximum Gasteiger partial charge on any atom is 0.222 e. The summed E-state index contributed by atoms with van der Waals surface area (Å²) < 4.78 is 5.71. The van der Waals surface area contributed by atoms with E-state index in [0.717, 1.165) is 13.0 Å². The number of ether oxygens (including phenoxy) is 1. The summed E-state index contributed by atoms with van der Waals surface area (Å²) in [5.41, 5.74) is 0.706. The average Bonchev–Trinajstić information content (AvgIpc) is 3.12. The Kier molecular flexibility index (Phi) is 10.6. The van der Waals surface area contributed by atoms with E-state index >= 15 is 0 Å². The van der Waals surface area contributed by atoms with E-state index in [1.165, 1.54) is 6.92 Å². The van der Waals surface area contributed by atoms with Crippen molar-refractivity contribution in [3.05, 3.63) is 24.3 Å². The maximum atomic E-state index is 11.8. The second kappa shape index (κ2) is 12.4. The van der Waals surface area contributed by atoms with E-state index in [0.29, 0.717) is 43.5 Å². The number of rotatable bonds is 7. The molecule has 1 aliphatic heterocycles. The van der Waals surface area contributed by atoms with Gasteiger partial charge in [0.25, 0.3) is 0 Å². The van der Waals surface area contributed by atoms with Gasteiger partial charge in [-0.25, -0.2) is 0 Å². The van der Waals surface area contributed by atoms with Gasteiger partial charge in [0.2, 0.25) is 11.8 Å². The maximum absolute atomic E-state index is 11.8. The summed E-state index contributed by atoms with van der Waals surface area (Å²) in [6, 6.07) is 7.48. The Balaban J connectivity index is 0.00000392. The molecule has 0 aromatic heterocycles. The van der Waals surface area contributed by atoms with E-state index in [1.54, 1.807) is 13.1 Å². The summed E-state index contributed by atoms with van der Waals surface area (Å²) in [7, 11) is 1.72. The third kappa shape index (κ3) is 7.91. The zero-order valence-electron chi connectivity index (χ0n) is 16.7. The van der Waals surface area contributed by atoms with E-state index in [9.17, 15) is 9.59 Å². The predicted molar refractivity (Wildman–Crippen MR) is 121 cm³/mol. The van der Waals surface area contributed by atoms with Gasteiger partial charge in [-0.1, -0.05) is 13.0 Å². The minimum absolute atomic E-state index is 0. The van der Waals surface area contributed by atoms with Crippen LogP contribution in [-0.2, 0) is 9.59 Å². The SMILES string of the molecule is CCC(=O)N1CCC(NC(=NC)NCCOc2cccc(NC(C)=O)c2)C1.I. The number of hydrogen-bond acceptors (Lipinski definition) is 4. The molecule has 1 aromatic rings. The van der Waals surface area contributed by atoms with Crippen molar-refractivity contribution in [2.75, 3.05) is 38.6 Å². The molecule has 0 radical (unpaired) electrons. The number of aliphatic imine (C=N–C) groups is 1. The van der Waals surface area contributed by atoms with Crippen LogP contribution in [0.1, 0.15) is 26.7 Å². The molecule has 9 heteroatoms. The van der Waals surface area contributed by atoms with E-state index in [2.05, 4.69) is 20.9 Å². The third-order valence-corrected chi connectivity index (χ3v) is 4.23. The molecule has 156 valence electrons. The number of carbonyl (C=O) groups excluding carboxylic acids is 2. The summed E-state index contributed by atoms with van der Waals surface area (Å²) >= 11 is 0. The Bertz CT molecular complexity index is 683. The molecular weight excluding hydrogens is 473 g/mol. The minimum atomic E-state index is -0.116. The molecule has 2 rings (SSSR count). The highest BCUT2D eigenvalue weighted by Gasteiger charge is 2.25. The van der Waals surface area contributed by atoms with Crippen LogP contribution in [0.2, 0.25) is 0 Å². The quantitative estimate of drug-likeness (QED) is 0.229. The molecule has 1 heterocycles. The number of carbonyl (C=O) groups is 2. The van der Waals surface area contributed by atoms with Crippen molar-refractivity contribution >= 4 is 47.4 Å².